The van der Waals surface area contributed by atoms with Crippen molar-refractivity contribution in [3.8, 4) is 11.9 Å². The number of amides is 1. The largest absolute Gasteiger partial charge is 0.481 e. The third-order valence-electron chi connectivity index (χ3n) is 3.44. The maximum absolute atomic E-state index is 12.4. The van der Waals surface area contributed by atoms with E-state index in [2.05, 4.69) is 11.1 Å². The third-order valence-corrected chi connectivity index (χ3v) is 3.44. The molecule has 0 aliphatic carbocycles. The van der Waals surface area contributed by atoms with Gasteiger partial charge in [0.1, 0.15) is 0 Å². The number of carbonyl (C=O) groups is 1. The fraction of sp³-hybridized carbons (Fsp3) is 0.500. The lowest BCUT2D eigenvalue weighted by atomic mass is 9.83. The molecular weight excluding hydrogens is 242 g/mol. The van der Waals surface area contributed by atoms with Crippen LogP contribution in [0.3, 0.4) is 0 Å². The van der Waals surface area contributed by atoms with Gasteiger partial charge in [-0.15, -0.1) is 0 Å². The van der Waals surface area contributed by atoms with E-state index >= 15 is 0 Å². The minimum Gasteiger partial charge on any atom is -0.481 e. The molecule has 100 valence electrons. The van der Waals surface area contributed by atoms with Crippen LogP contribution < -0.4 is 4.74 Å². The molecule has 0 bridgehead atoms. The SMILES string of the molecule is COc1cc(C(=O)N2CCC[C@](C)(C#N)C2)ccn1. The van der Waals surface area contributed by atoms with Gasteiger partial charge in [0.2, 0.25) is 5.88 Å². The molecule has 0 radical (unpaired) electrons. The number of nitriles is 1. The summed E-state index contributed by atoms with van der Waals surface area (Å²) in [5.41, 5.74) is 0.111. The molecule has 1 aliphatic heterocycles. The second kappa shape index (κ2) is 5.27. The molecule has 0 spiro atoms. The van der Waals surface area contributed by atoms with Crippen molar-refractivity contribution >= 4 is 5.91 Å². The minimum atomic E-state index is -0.439. The van der Waals surface area contributed by atoms with Gasteiger partial charge in [-0.25, -0.2) is 4.98 Å². The van der Waals surface area contributed by atoms with E-state index in [9.17, 15) is 10.1 Å². The Morgan fingerprint density at radius 3 is 3.11 bits per heavy atom. The summed E-state index contributed by atoms with van der Waals surface area (Å²) >= 11 is 0. The lowest BCUT2D eigenvalue weighted by molar-refractivity contribution is 0.0629. The molecule has 2 rings (SSSR count). The number of rotatable bonds is 2. The molecule has 0 saturated carbocycles. The van der Waals surface area contributed by atoms with E-state index in [1.54, 1.807) is 23.2 Å². The first-order chi connectivity index (χ1) is 9.08. The first kappa shape index (κ1) is 13.3. The number of aromatic nitrogens is 1. The molecule has 0 aromatic carbocycles. The predicted octanol–water partition coefficient (Wildman–Crippen LogP) is 1.86. The first-order valence-corrected chi connectivity index (χ1v) is 6.28. The maximum atomic E-state index is 12.4. The van der Waals surface area contributed by atoms with Crippen LogP contribution in [0.1, 0.15) is 30.1 Å². The molecule has 1 aromatic rings. The van der Waals surface area contributed by atoms with E-state index in [4.69, 9.17) is 4.74 Å². The van der Waals surface area contributed by atoms with E-state index in [1.165, 1.54) is 7.11 Å². The summed E-state index contributed by atoms with van der Waals surface area (Å²) in [4.78, 5) is 18.1. The van der Waals surface area contributed by atoms with Gasteiger partial charge in [-0.05, 0) is 25.8 Å². The van der Waals surface area contributed by atoms with Crippen LogP contribution in [0.5, 0.6) is 5.88 Å². The summed E-state index contributed by atoms with van der Waals surface area (Å²) in [5.74, 6) is 0.354. The summed E-state index contributed by atoms with van der Waals surface area (Å²) in [5, 5.41) is 9.18. The topological polar surface area (TPSA) is 66.2 Å². The number of pyridine rings is 1. The summed E-state index contributed by atoms with van der Waals surface area (Å²) < 4.78 is 5.02. The second-order valence-corrected chi connectivity index (χ2v) is 5.09. The highest BCUT2D eigenvalue weighted by atomic mass is 16.5. The van der Waals surface area contributed by atoms with Crippen LogP contribution in [0.25, 0.3) is 0 Å². The Balaban J connectivity index is 2.17. The fourth-order valence-electron chi connectivity index (χ4n) is 2.34. The molecule has 1 atom stereocenters. The normalized spacial score (nSPS) is 22.7. The van der Waals surface area contributed by atoms with E-state index in [0.29, 0.717) is 24.5 Å². The Morgan fingerprint density at radius 2 is 2.42 bits per heavy atom. The van der Waals surface area contributed by atoms with Crippen LogP contribution in [-0.2, 0) is 0 Å². The summed E-state index contributed by atoms with van der Waals surface area (Å²) in [6.07, 6.45) is 3.25. The number of hydrogen-bond acceptors (Lipinski definition) is 4. The summed E-state index contributed by atoms with van der Waals surface area (Å²) in [6.45, 7) is 3.08. The van der Waals surface area contributed by atoms with Crippen molar-refractivity contribution < 1.29 is 9.53 Å². The first-order valence-electron chi connectivity index (χ1n) is 6.28. The Labute approximate surface area is 112 Å². The van der Waals surface area contributed by atoms with Crippen molar-refractivity contribution in [3.63, 3.8) is 0 Å². The van der Waals surface area contributed by atoms with Crippen LogP contribution in [0.15, 0.2) is 18.3 Å². The average molecular weight is 259 g/mol. The number of methoxy groups -OCH3 is 1. The quantitative estimate of drug-likeness (QED) is 0.813. The predicted molar refractivity (Wildman–Crippen MR) is 69.6 cm³/mol. The minimum absolute atomic E-state index is 0.0677. The Kier molecular flexibility index (Phi) is 3.70. The monoisotopic (exact) mass is 259 g/mol. The van der Waals surface area contributed by atoms with Gasteiger partial charge in [-0.2, -0.15) is 5.26 Å². The maximum Gasteiger partial charge on any atom is 0.254 e. The highest BCUT2D eigenvalue weighted by Crippen LogP contribution is 2.29. The Hall–Kier alpha value is -2.09. The average Bonchev–Trinajstić information content (AvgIpc) is 2.46. The molecule has 0 unspecified atom stereocenters. The van der Waals surface area contributed by atoms with Crippen molar-refractivity contribution in [2.45, 2.75) is 19.8 Å². The van der Waals surface area contributed by atoms with Crippen LogP contribution in [0, 0.1) is 16.7 Å². The van der Waals surface area contributed by atoms with Crippen molar-refractivity contribution in [1.29, 1.82) is 5.26 Å². The van der Waals surface area contributed by atoms with E-state index < -0.39 is 5.41 Å². The molecule has 0 N–H and O–H groups in total. The highest BCUT2D eigenvalue weighted by Gasteiger charge is 2.33. The Morgan fingerprint density at radius 1 is 1.63 bits per heavy atom. The molecule has 2 heterocycles. The molecule has 1 aliphatic rings. The molecular formula is C14H17N3O2. The van der Waals surface area contributed by atoms with Gasteiger partial charge in [0, 0.05) is 30.9 Å². The fourth-order valence-corrected chi connectivity index (χ4v) is 2.34. The Bertz CT molecular complexity index is 524. The lowest BCUT2D eigenvalue weighted by Crippen LogP contribution is -2.44. The number of piperidine rings is 1. The van der Waals surface area contributed by atoms with Crippen molar-refractivity contribution in [2.24, 2.45) is 5.41 Å². The number of hydrogen-bond donors (Lipinski definition) is 0. The van der Waals surface area contributed by atoms with Gasteiger partial charge >= 0.3 is 0 Å². The summed E-state index contributed by atoms with van der Waals surface area (Å²) in [7, 11) is 1.52. The molecule has 5 heteroatoms. The van der Waals surface area contributed by atoms with Gasteiger partial charge in [0.15, 0.2) is 0 Å². The van der Waals surface area contributed by atoms with Gasteiger partial charge in [-0.1, -0.05) is 0 Å². The zero-order valence-corrected chi connectivity index (χ0v) is 11.2. The second-order valence-electron chi connectivity index (χ2n) is 5.09. The standard InChI is InChI=1S/C14H17N3O2/c1-14(9-15)5-3-7-17(10-14)13(18)11-4-6-16-12(8-11)19-2/h4,6,8H,3,5,7,10H2,1-2H3/t14-/m1/s1. The van der Waals surface area contributed by atoms with Crippen molar-refractivity contribution in [2.75, 3.05) is 20.2 Å². The van der Waals surface area contributed by atoms with Gasteiger partial charge < -0.3 is 9.64 Å². The smallest absolute Gasteiger partial charge is 0.254 e. The summed E-state index contributed by atoms with van der Waals surface area (Å²) in [6, 6.07) is 5.60. The van der Waals surface area contributed by atoms with Crippen LogP contribution in [0.4, 0.5) is 0 Å². The molecule has 5 nitrogen and oxygen atoms in total. The zero-order valence-electron chi connectivity index (χ0n) is 11.2. The van der Waals surface area contributed by atoms with Crippen LogP contribution in [-0.4, -0.2) is 36.0 Å². The van der Waals surface area contributed by atoms with Crippen LogP contribution in [0.2, 0.25) is 0 Å². The number of carbonyl (C=O) groups excluding carboxylic acids is 1. The van der Waals surface area contributed by atoms with Crippen molar-refractivity contribution in [3.05, 3.63) is 23.9 Å². The molecule has 19 heavy (non-hydrogen) atoms. The molecule has 1 fully saturated rings. The van der Waals surface area contributed by atoms with Crippen LogP contribution >= 0.6 is 0 Å². The van der Waals surface area contributed by atoms with E-state index in [-0.39, 0.29) is 5.91 Å². The zero-order chi connectivity index (χ0) is 13.9. The van der Waals surface area contributed by atoms with Gasteiger partial charge in [0.25, 0.3) is 5.91 Å². The molecule has 1 saturated heterocycles. The highest BCUT2D eigenvalue weighted by molar-refractivity contribution is 5.94. The van der Waals surface area contributed by atoms with Gasteiger partial charge in [-0.3, -0.25) is 4.79 Å². The number of nitrogens with zero attached hydrogens (tertiary/aromatic N) is 3. The van der Waals surface area contributed by atoms with Crippen molar-refractivity contribution in [1.82, 2.24) is 9.88 Å². The number of ether oxygens (including phenoxy) is 1. The van der Waals surface area contributed by atoms with E-state index in [0.717, 1.165) is 12.8 Å². The van der Waals surface area contributed by atoms with E-state index in [1.807, 2.05) is 6.92 Å². The lowest BCUT2D eigenvalue weighted by Gasteiger charge is -2.36. The molecule has 1 aromatic heterocycles. The number of likely N-dealkylation sites (tertiary alicyclic amines) is 1. The van der Waals surface area contributed by atoms with Gasteiger partial charge in [0.05, 0.1) is 18.6 Å². The molecule has 1 amide bonds. The third kappa shape index (κ3) is 2.84.